The summed E-state index contributed by atoms with van der Waals surface area (Å²) in [5.74, 6) is 1.07. The van der Waals surface area contributed by atoms with Crippen LogP contribution in [-0.4, -0.2) is 70.9 Å². The topological polar surface area (TPSA) is 98.7 Å². The molecule has 166 valence electrons. The quantitative estimate of drug-likeness (QED) is 0.734. The van der Waals surface area contributed by atoms with Crippen LogP contribution in [0, 0.1) is 13.8 Å². The van der Waals surface area contributed by atoms with Crippen molar-refractivity contribution in [1.82, 2.24) is 25.2 Å². The predicted molar refractivity (Wildman–Crippen MR) is 112 cm³/mol. The van der Waals surface area contributed by atoms with Crippen molar-refractivity contribution in [3.63, 3.8) is 0 Å². The Bertz CT molecular complexity index is 923. The zero-order chi connectivity index (χ0) is 21.8. The zero-order valence-corrected chi connectivity index (χ0v) is 18.3. The Morgan fingerprint density at radius 3 is 2.84 bits per heavy atom. The van der Waals surface area contributed by atoms with Crippen molar-refractivity contribution in [1.29, 1.82) is 0 Å². The lowest BCUT2D eigenvalue weighted by Crippen LogP contribution is -2.52. The van der Waals surface area contributed by atoms with Crippen molar-refractivity contribution in [3.8, 4) is 5.88 Å². The molecule has 0 saturated carbocycles. The highest BCUT2D eigenvalue weighted by atomic mass is 16.6. The van der Waals surface area contributed by atoms with Crippen LogP contribution in [0.3, 0.4) is 0 Å². The van der Waals surface area contributed by atoms with E-state index in [2.05, 4.69) is 31.2 Å². The summed E-state index contributed by atoms with van der Waals surface area (Å²) in [6, 6.07) is 2.10. The first kappa shape index (κ1) is 21.6. The maximum atomic E-state index is 12.6. The molecule has 2 aromatic heterocycles. The lowest BCUT2D eigenvalue weighted by Gasteiger charge is -2.39. The molecule has 0 radical (unpaired) electrons. The second-order valence-corrected chi connectivity index (χ2v) is 8.31. The highest BCUT2D eigenvalue weighted by Crippen LogP contribution is 2.32. The maximum Gasteiger partial charge on any atom is 0.249 e. The van der Waals surface area contributed by atoms with Gasteiger partial charge < -0.3 is 19.5 Å². The van der Waals surface area contributed by atoms with Gasteiger partial charge in [-0.3, -0.25) is 9.69 Å². The third-order valence-corrected chi connectivity index (χ3v) is 5.67. The van der Waals surface area contributed by atoms with E-state index >= 15 is 0 Å². The molecule has 0 aromatic carbocycles. The minimum absolute atomic E-state index is 0.156. The van der Waals surface area contributed by atoms with Gasteiger partial charge in [0.15, 0.2) is 0 Å². The van der Waals surface area contributed by atoms with Gasteiger partial charge in [0, 0.05) is 50.2 Å². The van der Waals surface area contributed by atoms with E-state index in [0.717, 1.165) is 29.8 Å². The minimum atomic E-state index is -0.532. The molecule has 1 N–H and O–H groups in total. The minimum Gasteiger partial charge on any atom is -0.481 e. The fourth-order valence-electron chi connectivity index (χ4n) is 4.12. The molecule has 0 unspecified atom stereocenters. The first-order valence-electron chi connectivity index (χ1n) is 10.5. The van der Waals surface area contributed by atoms with Gasteiger partial charge in [0.2, 0.25) is 11.8 Å². The van der Waals surface area contributed by atoms with Crippen LogP contribution in [0.1, 0.15) is 28.9 Å². The summed E-state index contributed by atoms with van der Waals surface area (Å²) in [7, 11) is 1.63. The molecule has 9 heteroatoms. The van der Waals surface area contributed by atoms with Crippen molar-refractivity contribution in [2.75, 3.05) is 33.4 Å². The van der Waals surface area contributed by atoms with Gasteiger partial charge in [-0.2, -0.15) is 0 Å². The molecule has 0 bridgehead atoms. The molecule has 1 spiro atoms. The largest absolute Gasteiger partial charge is 0.481 e. The smallest absolute Gasteiger partial charge is 0.249 e. The van der Waals surface area contributed by atoms with Crippen molar-refractivity contribution in [2.24, 2.45) is 0 Å². The van der Waals surface area contributed by atoms with Crippen LogP contribution in [-0.2, 0) is 27.4 Å². The van der Waals surface area contributed by atoms with Gasteiger partial charge in [-0.15, -0.1) is 0 Å². The molecule has 1 amide bonds. The summed E-state index contributed by atoms with van der Waals surface area (Å²) in [6.45, 7) is 7.52. The van der Waals surface area contributed by atoms with Gasteiger partial charge in [0.1, 0.15) is 17.5 Å². The molecule has 2 aliphatic heterocycles. The summed E-state index contributed by atoms with van der Waals surface area (Å²) in [5, 5.41) is 2.87. The summed E-state index contributed by atoms with van der Waals surface area (Å²) in [5.41, 5.74) is 2.66. The number of pyridine rings is 1. The van der Waals surface area contributed by atoms with Gasteiger partial charge >= 0.3 is 0 Å². The number of amides is 1. The zero-order valence-electron chi connectivity index (χ0n) is 18.3. The second-order valence-electron chi connectivity index (χ2n) is 8.31. The Morgan fingerprint density at radius 2 is 2.10 bits per heavy atom. The number of nitrogens with one attached hydrogen (secondary N) is 1. The average molecular weight is 428 g/mol. The number of methoxy groups -OCH3 is 1. The van der Waals surface area contributed by atoms with E-state index in [1.54, 1.807) is 19.5 Å². The molecular weight excluding hydrogens is 398 g/mol. The molecule has 2 aliphatic rings. The van der Waals surface area contributed by atoms with Crippen LogP contribution >= 0.6 is 0 Å². The number of hydrogen-bond donors (Lipinski definition) is 1. The number of aromatic nitrogens is 3. The third kappa shape index (κ3) is 5.17. The predicted octanol–water partition coefficient (Wildman–Crippen LogP) is 1.17. The highest BCUT2D eigenvalue weighted by Gasteiger charge is 2.46. The number of carbonyl (C=O) groups excluding carboxylic acids is 1. The Morgan fingerprint density at radius 1 is 1.29 bits per heavy atom. The van der Waals surface area contributed by atoms with Crippen molar-refractivity contribution < 1.29 is 19.0 Å². The van der Waals surface area contributed by atoms with Crippen molar-refractivity contribution >= 4 is 5.91 Å². The first-order chi connectivity index (χ1) is 15.0. The Labute approximate surface area is 182 Å². The number of ether oxygens (including phenoxy) is 3. The van der Waals surface area contributed by atoms with Gasteiger partial charge in [-0.1, -0.05) is 0 Å². The van der Waals surface area contributed by atoms with Crippen LogP contribution in [0.15, 0.2) is 24.7 Å². The summed E-state index contributed by atoms with van der Waals surface area (Å²) < 4.78 is 17.2. The van der Waals surface area contributed by atoms with Crippen LogP contribution in [0.2, 0.25) is 0 Å². The molecule has 2 fully saturated rings. The van der Waals surface area contributed by atoms with E-state index in [1.165, 1.54) is 0 Å². The van der Waals surface area contributed by atoms with E-state index < -0.39 is 11.7 Å². The van der Waals surface area contributed by atoms with Gasteiger partial charge in [-0.05, 0) is 31.0 Å². The second kappa shape index (κ2) is 9.25. The third-order valence-electron chi connectivity index (χ3n) is 5.67. The first-order valence-corrected chi connectivity index (χ1v) is 10.5. The number of rotatable bonds is 6. The van der Waals surface area contributed by atoms with Crippen LogP contribution < -0.4 is 10.1 Å². The molecule has 9 nitrogen and oxygen atoms in total. The Kier molecular flexibility index (Phi) is 6.45. The average Bonchev–Trinajstić information content (AvgIpc) is 3.16. The van der Waals surface area contributed by atoms with Crippen LogP contribution in [0.4, 0.5) is 0 Å². The number of carbonyl (C=O) groups is 1. The summed E-state index contributed by atoms with van der Waals surface area (Å²) in [4.78, 5) is 27.7. The number of nitrogens with zero attached hydrogens (tertiary/aromatic N) is 4. The molecule has 31 heavy (non-hydrogen) atoms. The van der Waals surface area contributed by atoms with E-state index in [4.69, 9.17) is 14.2 Å². The Hall–Kier alpha value is -2.62. The summed E-state index contributed by atoms with van der Waals surface area (Å²) >= 11 is 0. The van der Waals surface area contributed by atoms with Crippen molar-refractivity contribution in [3.05, 3.63) is 47.2 Å². The molecule has 4 heterocycles. The number of aryl methyl sites for hydroxylation is 2. The fourth-order valence-corrected chi connectivity index (χ4v) is 4.12. The van der Waals surface area contributed by atoms with E-state index in [-0.39, 0.29) is 12.5 Å². The summed E-state index contributed by atoms with van der Waals surface area (Å²) in [6.07, 6.45) is 5.32. The van der Waals surface area contributed by atoms with Crippen LogP contribution in [0.5, 0.6) is 5.88 Å². The number of morpholine rings is 1. The molecular formula is C22H29N5O4. The van der Waals surface area contributed by atoms with E-state index in [9.17, 15) is 4.79 Å². The van der Waals surface area contributed by atoms with E-state index in [0.29, 0.717) is 37.9 Å². The normalized spacial score (nSPS) is 23.8. The number of hydrogen-bond acceptors (Lipinski definition) is 8. The van der Waals surface area contributed by atoms with Crippen LogP contribution in [0.25, 0.3) is 0 Å². The molecule has 2 atom stereocenters. The Balaban J connectivity index is 1.31. The molecule has 2 saturated heterocycles. The van der Waals surface area contributed by atoms with Gasteiger partial charge in [-0.25, -0.2) is 15.0 Å². The SMILES string of the molecule is COc1ncc(CN2CCO[C@]3(CO[C@H](C(=O)NCc4ncc(C)cn4)C3)C2)cc1C. The van der Waals surface area contributed by atoms with Gasteiger partial charge in [0.05, 0.1) is 26.9 Å². The molecule has 4 rings (SSSR count). The molecule has 0 aliphatic carbocycles. The van der Waals surface area contributed by atoms with E-state index in [1.807, 2.05) is 20.0 Å². The fraction of sp³-hybridized carbons (Fsp3) is 0.545. The molecule has 2 aromatic rings. The van der Waals surface area contributed by atoms with Gasteiger partial charge in [0.25, 0.3) is 0 Å². The standard InChI is InChI=1S/C22H29N5O4/c1-15-8-23-19(24-9-15)11-25-20(28)18-7-22(14-30-18)13-27(4-5-31-22)12-17-6-16(2)21(29-3)26-10-17/h6,8-10,18H,4-5,7,11-14H2,1-3H3,(H,25,28)/t18-,22-/m0/s1. The highest BCUT2D eigenvalue weighted by molar-refractivity contribution is 5.81. The van der Waals surface area contributed by atoms with Crippen molar-refractivity contribution in [2.45, 2.75) is 45.1 Å². The lowest BCUT2D eigenvalue weighted by atomic mass is 9.97. The maximum absolute atomic E-state index is 12.6. The lowest BCUT2D eigenvalue weighted by molar-refractivity contribution is -0.130. The monoisotopic (exact) mass is 427 g/mol.